The fraction of sp³-hybridized carbons (Fsp3) is 0. The molecule has 0 N–H and O–H groups in total. The van der Waals surface area contributed by atoms with Crippen LogP contribution in [-0.4, -0.2) is 0 Å². The van der Waals surface area contributed by atoms with Gasteiger partial charge in [0.25, 0.3) is 0 Å². The maximum Gasteiger partial charge on any atom is 0.0629 e. The molecule has 7 aromatic carbocycles. The van der Waals surface area contributed by atoms with Crippen LogP contribution in [0.2, 0.25) is 0 Å². The summed E-state index contributed by atoms with van der Waals surface area (Å²) in [6.07, 6.45) is 0. The van der Waals surface area contributed by atoms with Gasteiger partial charge in [-0.3, -0.25) is 0 Å². The summed E-state index contributed by atoms with van der Waals surface area (Å²) in [5.74, 6) is 0. The van der Waals surface area contributed by atoms with Gasteiger partial charge >= 0.3 is 0 Å². The lowest BCUT2D eigenvalue weighted by molar-refractivity contribution is 1.60. The monoisotopic (exact) mass is 543 g/mol. The van der Waals surface area contributed by atoms with Crippen LogP contribution in [-0.2, 0) is 0 Å². The maximum absolute atomic E-state index is 9.23. The van der Waals surface area contributed by atoms with Crippen molar-refractivity contribution in [3.63, 3.8) is 0 Å². The Balaban J connectivity index is 1.71. The average Bonchev–Trinajstić information content (AvgIpc) is 3.08. The lowest BCUT2D eigenvalue weighted by Gasteiger charge is -2.18. The van der Waals surface area contributed by atoms with E-state index in [9.17, 15) is 1.37 Å². The second kappa shape index (κ2) is 9.03. The van der Waals surface area contributed by atoms with Crippen LogP contribution < -0.4 is 0 Å². The lowest BCUT2D eigenvalue weighted by Crippen LogP contribution is -1.91. The largest absolute Gasteiger partial charge is 0.0629 e. The highest BCUT2D eigenvalue weighted by Gasteiger charge is 2.18. The van der Waals surface area contributed by atoms with Crippen molar-refractivity contribution in [1.82, 2.24) is 0 Å². The van der Waals surface area contributed by atoms with Crippen LogP contribution >= 0.6 is 15.9 Å². The van der Waals surface area contributed by atoms with E-state index in [0.717, 1.165) is 37.1 Å². The molecule has 7 aromatic rings. The molecule has 1 heteroatoms. The van der Waals surface area contributed by atoms with Gasteiger partial charge in [0.05, 0.1) is 12.3 Å². The highest BCUT2D eigenvalue weighted by atomic mass is 79.9. The van der Waals surface area contributed by atoms with Crippen LogP contribution in [0.3, 0.4) is 0 Å². The van der Waals surface area contributed by atoms with Gasteiger partial charge in [0.1, 0.15) is 0 Å². The quantitative estimate of drug-likeness (QED) is 0.194. The van der Waals surface area contributed by atoms with Gasteiger partial charge in [0.15, 0.2) is 0 Å². The first-order valence-corrected chi connectivity index (χ1v) is 12.6. The highest BCUT2D eigenvalue weighted by molar-refractivity contribution is 9.10. The molecule has 0 nitrogen and oxygen atoms in total. The van der Waals surface area contributed by atoms with Crippen molar-refractivity contribution < 1.29 is 12.3 Å². The van der Waals surface area contributed by atoms with E-state index in [1.165, 1.54) is 0 Å². The van der Waals surface area contributed by atoms with Gasteiger partial charge < -0.3 is 0 Å². The molecule has 0 atom stereocenters. The molecule has 37 heavy (non-hydrogen) atoms. The third kappa shape index (κ3) is 3.66. The van der Waals surface area contributed by atoms with Gasteiger partial charge in [0.2, 0.25) is 0 Å². The first-order valence-electron chi connectivity index (χ1n) is 16.3. The summed E-state index contributed by atoms with van der Waals surface area (Å²) < 4.78 is 78.7. The maximum atomic E-state index is 9.23. The molecule has 0 heterocycles. The lowest BCUT2D eigenvalue weighted by atomic mass is 9.86. The van der Waals surface area contributed by atoms with Crippen molar-refractivity contribution in [2.75, 3.05) is 0 Å². The van der Waals surface area contributed by atoms with Gasteiger partial charge in [-0.1, -0.05) is 133 Å². The van der Waals surface area contributed by atoms with Crippen LogP contribution in [0.1, 0.15) is 12.3 Å². The number of hydrogen-bond acceptors (Lipinski definition) is 0. The van der Waals surface area contributed by atoms with E-state index < -0.39 is 48.3 Å². The van der Waals surface area contributed by atoms with Crippen molar-refractivity contribution in [1.29, 1.82) is 0 Å². The summed E-state index contributed by atoms with van der Waals surface area (Å²) in [5.41, 5.74) is 1.98. The second-order valence-electron chi connectivity index (χ2n) is 8.77. The molecule has 0 saturated carbocycles. The molecule has 0 aliphatic carbocycles. The molecule has 174 valence electrons. The summed E-state index contributed by atoms with van der Waals surface area (Å²) in [5, 5.41) is 5.05. The Hall–Kier alpha value is -4.20. The first kappa shape index (κ1) is 14.5. The molecule has 0 saturated heterocycles. The second-order valence-corrected chi connectivity index (χ2v) is 9.56. The van der Waals surface area contributed by atoms with E-state index in [2.05, 4.69) is 22.0 Å². The fourth-order valence-electron chi connectivity index (χ4n) is 5.10. The molecular formula is C36H23Br. The SMILES string of the molecule is [2H]c1c([2H])c([2H])c(-c2c([2H])c([2H])c([2H])c([2H])c2-c2c3ccccc3c(Br)c3ccc(-c4cccc5ccccc45)cc23)c([2H])c1[2H]. The molecule has 0 aliphatic heterocycles. The molecule has 0 unspecified atom stereocenters. The molecular weight excluding hydrogens is 512 g/mol. The Morgan fingerprint density at radius 2 is 1.11 bits per heavy atom. The standard InChI is InChI=1S/C36H23Br/c37-36-32-19-9-8-18-31(32)35(30-17-7-6-16-28(30)24-11-2-1-3-12-24)34-23-26(21-22-33(34)36)29-20-10-14-25-13-4-5-15-27(25)29/h1-23H/i1D,2D,3D,6D,7D,11D,12D,16D,17D. The van der Waals surface area contributed by atoms with Gasteiger partial charge in [-0.25, -0.2) is 0 Å². The predicted octanol–water partition coefficient (Wildman–Crippen LogP) is 10.9. The number of hydrogen-bond donors (Lipinski definition) is 0. The number of rotatable bonds is 3. The summed E-state index contributed by atoms with van der Waals surface area (Å²) in [4.78, 5) is 0. The van der Waals surface area contributed by atoms with Gasteiger partial charge in [0, 0.05) is 4.47 Å². The van der Waals surface area contributed by atoms with E-state index in [1.807, 2.05) is 78.9 Å². The topological polar surface area (TPSA) is 0 Å². The Morgan fingerprint density at radius 3 is 1.95 bits per heavy atom. The van der Waals surface area contributed by atoms with Crippen molar-refractivity contribution in [2.45, 2.75) is 0 Å². The molecule has 0 aliphatic rings. The van der Waals surface area contributed by atoms with Gasteiger partial charge in [-0.15, -0.1) is 0 Å². The summed E-state index contributed by atoms with van der Waals surface area (Å²) in [6, 6.07) is 22.9. The van der Waals surface area contributed by atoms with Crippen molar-refractivity contribution in [3.05, 3.63) is 144 Å². The Bertz CT molecular complexity index is 2400. The molecule has 0 aromatic heterocycles. The van der Waals surface area contributed by atoms with E-state index in [-0.39, 0.29) is 22.7 Å². The Kier molecular flexibility index (Phi) is 3.54. The Labute approximate surface area is 237 Å². The van der Waals surface area contributed by atoms with E-state index in [0.29, 0.717) is 16.3 Å². The van der Waals surface area contributed by atoms with Gasteiger partial charge in [-0.05, 0) is 87.7 Å². The summed E-state index contributed by atoms with van der Waals surface area (Å²) in [7, 11) is 0. The van der Waals surface area contributed by atoms with Crippen molar-refractivity contribution in [3.8, 4) is 33.4 Å². The number of halogens is 1. The van der Waals surface area contributed by atoms with Crippen LogP contribution in [0.15, 0.2) is 144 Å². The van der Waals surface area contributed by atoms with Crippen molar-refractivity contribution >= 4 is 48.2 Å². The molecule has 7 rings (SSSR count). The smallest absolute Gasteiger partial charge is 0.0622 e. The highest BCUT2D eigenvalue weighted by Crippen LogP contribution is 2.45. The molecule has 0 amide bonds. The van der Waals surface area contributed by atoms with Gasteiger partial charge in [-0.2, -0.15) is 0 Å². The first-order chi connectivity index (χ1) is 22.0. The van der Waals surface area contributed by atoms with Crippen molar-refractivity contribution in [2.24, 2.45) is 0 Å². The van der Waals surface area contributed by atoms with Crippen LogP contribution in [0.25, 0.3) is 65.7 Å². The minimum absolute atomic E-state index is 0.0632. The molecule has 0 fully saturated rings. The van der Waals surface area contributed by atoms with Crippen LogP contribution in [0, 0.1) is 0 Å². The van der Waals surface area contributed by atoms with Crippen LogP contribution in [0.4, 0.5) is 0 Å². The van der Waals surface area contributed by atoms with E-state index >= 15 is 0 Å². The Morgan fingerprint density at radius 1 is 0.459 bits per heavy atom. The predicted molar refractivity (Wildman–Crippen MR) is 163 cm³/mol. The van der Waals surface area contributed by atoms with E-state index in [4.69, 9.17) is 11.0 Å². The van der Waals surface area contributed by atoms with E-state index in [1.54, 1.807) is 0 Å². The minimum atomic E-state index is -0.585. The molecule has 0 spiro atoms. The zero-order valence-electron chi connectivity index (χ0n) is 28.5. The van der Waals surface area contributed by atoms with Crippen LogP contribution in [0.5, 0.6) is 0 Å². The third-order valence-electron chi connectivity index (χ3n) is 6.75. The molecule has 0 bridgehead atoms. The fourth-order valence-corrected chi connectivity index (χ4v) is 5.79. The number of benzene rings is 7. The molecule has 0 radical (unpaired) electrons. The summed E-state index contributed by atoms with van der Waals surface area (Å²) in [6.45, 7) is 0. The minimum Gasteiger partial charge on any atom is -0.0622 e. The normalized spacial score (nSPS) is 14.8. The third-order valence-corrected chi connectivity index (χ3v) is 7.60. The zero-order valence-corrected chi connectivity index (χ0v) is 21.0. The summed E-state index contributed by atoms with van der Waals surface area (Å²) >= 11 is 3.80. The average molecular weight is 545 g/mol. The zero-order chi connectivity index (χ0) is 32.6. The number of fused-ring (bicyclic) bond motifs is 3.